The van der Waals surface area contributed by atoms with Gasteiger partial charge in [0.2, 0.25) is 0 Å². The van der Waals surface area contributed by atoms with E-state index in [1.807, 2.05) is 18.2 Å². The molecule has 20 heavy (non-hydrogen) atoms. The van der Waals surface area contributed by atoms with E-state index < -0.39 is 8.25 Å². The van der Waals surface area contributed by atoms with Gasteiger partial charge in [0, 0.05) is 40.8 Å². The molecule has 1 unspecified atom stereocenters. The summed E-state index contributed by atoms with van der Waals surface area (Å²) < 4.78 is 15.7. The van der Waals surface area contributed by atoms with E-state index in [2.05, 4.69) is 6.92 Å². The molecule has 0 saturated carbocycles. The Morgan fingerprint density at radius 2 is 1.65 bits per heavy atom. The molecule has 0 fully saturated rings. The van der Waals surface area contributed by atoms with Gasteiger partial charge in [-0.15, -0.1) is 0 Å². The third-order valence-electron chi connectivity index (χ3n) is 3.22. The molecule has 112 valence electrons. The Kier molecular flexibility index (Phi) is 13.6. The first-order valence-corrected chi connectivity index (χ1v) is 8.49. The van der Waals surface area contributed by atoms with E-state index in [1.54, 1.807) is 6.07 Å². The van der Waals surface area contributed by atoms with E-state index in [1.165, 1.54) is 38.5 Å². The number of hydrogen-bond acceptors (Lipinski definition) is 2. The van der Waals surface area contributed by atoms with Crippen molar-refractivity contribution in [2.24, 2.45) is 0 Å². The topological polar surface area (TPSA) is 46.5 Å². The maximum atomic E-state index is 10.8. The summed E-state index contributed by atoms with van der Waals surface area (Å²) in [5.74, 6) is 0.555. The van der Waals surface area contributed by atoms with Gasteiger partial charge < -0.3 is 9.42 Å². The van der Waals surface area contributed by atoms with E-state index in [0.29, 0.717) is 5.75 Å². The molecule has 0 aliphatic heterocycles. The maximum absolute atomic E-state index is 10.8. The molecule has 0 aromatic heterocycles. The third-order valence-corrected chi connectivity index (χ3v) is 3.61. The Balaban J connectivity index is 0.00000361. The predicted octanol–water partition coefficient (Wildman–Crippen LogP) is 4.74. The maximum Gasteiger partial charge on any atom is 0.365 e. The fourth-order valence-electron chi connectivity index (χ4n) is 2.18. The van der Waals surface area contributed by atoms with Crippen LogP contribution in [0.2, 0.25) is 0 Å². The van der Waals surface area contributed by atoms with Crippen LogP contribution < -0.4 is 4.52 Å². The average Bonchev–Trinajstić information content (AvgIpc) is 2.39. The van der Waals surface area contributed by atoms with Crippen molar-refractivity contribution in [3.63, 3.8) is 0 Å². The zero-order valence-electron chi connectivity index (χ0n) is 12.2. The fraction of sp³-hybridized carbons (Fsp3) is 0.600. The Morgan fingerprint density at radius 3 is 2.30 bits per heavy atom. The van der Waals surface area contributed by atoms with Gasteiger partial charge in [-0.2, -0.15) is 0 Å². The van der Waals surface area contributed by atoms with Crippen molar-refractivity contribution in [2.45, 2.75) is 58.3 Å². The molecule has 1 rings (SSSR count). The van der Waals surface area contributed by atoms with Crippen molar-refractivity contribution in [3.05, 3.63) is 29.8 Å². The number of rotatable bonds is 10. The van der Waals surface area contributed by atoms with Gasteiger partial charge in [0.15, 0.2) is 0 Å². The van der Waals surface area contributed by atoms with Gasteiger partial charge >= 0.3 is 8.25 Å². The molecule has 0 radical (unpaired) electrons. The summed E-state index contributed by atoms with van der Waals surface area (Å²) in [4.78, 5) is 8.85. The first kappa shape index (κ1) is 20.6. The van der Waals surface area contributed by atoms with Crippen molar-refractivity contribution in [1.29, 1.82) is 0 Å². The van der Waals surface area contributed by atoms with Crippen LogP contribution in [0.1, 0.15) is 57.4 Å². The molecule has 0 heterocycles. The summed E-state index contributed by atoms with van der Waals surface area (Å²) in [5.41, 5.74) is 1.03. The Hall–Kier alpha value is 0.561. The molecule has 3 nitrogen and oxygen atoms in total. The smallest absolute Gasteiger partial charge is 0.365 e. The summed E-state index contributed by atoms with van der Waals surface area (Å²) in [6, 6.07) is 7.50. The van der Waals surface area contributed by atoms with Crippen molar-refractivity contribution >= 4 is 8.25 Å². The molecular weight excluding hydrogens is 403 g/mol. The van der Waals surface area contributed by atoms with E-state index in [9.17, 15) is 4.57 Å². The number of hydrogen-bond donors (Lipinski definition) is 1. The molecule has 0 amide bonds. The number of aryl methyl sites for hydroxylation is 1. The van der Waals surface area contributed by atoms with Crippen molar-refractivity contribution < 1.29 is 54.8 Å². The third kappa shape index (κ3) is 9.49. The Morgan fingerprint density at radius 1 is 1.05 bits per heavy atom. The van der Waals surface area contributed by atoms with Crippen LogP contribution in [0, 0.1) is 40.8 Å². The van der Waals surface area contributed by atoms with E-state index in [-0.39, 0.29) is 40.8 Å². The first-order chi connectivity index (χ1) is 9.24. The normalized spacial score (nSPS) is 11.7. The molecule has 0 aliphatic rings. The molecule has 0 aliphatic carbocycles. The summed E-state index contributed by atoms with van der Waals surface area (Å²) in [6.07, 6.45) is 9.79. The van der Waals surface area contributed by atoms with Gasteiger partial charge in [-0.3, -0.25) is 0 Å². The van der Waals surface area contributed by atoms with E-state index in [4.69, 9.17) is 9.42 Å². The number of unbranched alkanes of at least 4 members (excludes halogenated alkanes) is 6. The largest absolute Gasteiger partial charge is 0.426 e. The minimum Gasteiger partial charge on any atom is -0.426 e. The van der Waals surface area contributed by atoms with Crippen LogP contribution in [-0.4, -0.2) is 4.89 Å². The molecule has 0 saturated heterocycles. The van der Waals surface area contributed by atoms with Crippen LogP contribution in [0.15, 0.2) is 24.3 Å². The van der Waals surface area contributed by atoms with Crippen LogP contribution in [0.5, 0.6) is 5.75 Å². The molecule has 1 aromatic carbocycles. The van der Waals surface area contributed by atoms with E-state index in [0.717, 1.165) is 18.4 Å². The zero-order valence-corrected chi connectivity index (χ0v) is 16.4. The van der Waals surface area contributed by atoms with Gasteiger partial charge in [-0.1, -0.05) is 63.6 Å². The molecule has 1 aromatic rings. The van der Waals surface area contributed by atoms with Gasteiger partial charge in [0.05, 0.1) is 0 Å². The quantitative estimate of drug-likeness (QED) is 0.432. The first-order valence-electron chi connectivity index (χ1n) is 7.22. The van der Waals surface area contributed by atoms with E-state index >= 15 is 0 Å². The fourth-order valence-corrected chi connectivity index (χ4v) is 2.56. The second-order valence-corrected chi connectivity index (χ2v) is 5.58. The zero-order chi connectivity index (χ0) is 13.9. The number of para-hydroxylation sites is 1. The van der Waals surface area contributed by atoms with Crippen molar-refractivity contribution in [1.82, 2.24) is 0 Å². The second kappa shape index (κ2) is 13.2. The Bertz CT molecular complexity index is 385. The molecule has 5 heteroatoms. The molecule has 0 spiro atoms. The summed E-state index contributed by atoms with van der Waals surface area (Å²) >= 11 is 0. The van der Waals surface area contributed by atoms with Crippen LogP contribution in [0.25, 0.3) is 0 Å². The summed E-state index contributed by atoms with van der Waals surface area (Å²) in [7, 11) is -2.90. The monoisotopic (exact) mass is 426 g/mol. The minimum atomic E-state index is -2.90. The molecule has 0 bridgehead atoms. The summed E-state index contributed by atoms with van der Waals surface area (Å²) in [6.45, 7) is 2.23. The SMILES string of the molecule is CCCCCCCCCc1ccccc1O[PH](=O)O.[Nd]. The van der Waals surface area contributed by atoms with Gasteiger partial charge in [-0.25, -0.2) is 4.57 Å². The van der Waals surface area contributed by atoms with Crippen LogP contribution >= 0.6 is 8.25 Å². The van der Waals surface area contributed by atoms with Crippen LogP contribution in [-0.2, 0) is 11.0 Å². The Labute approximate surface area is 156 Å². The van der Waals surface area contributed by atoms with Gasteiger partial charge in [0.1, 0.15) is 5.75 Å². The minimum absolute atomic E-state index is 0. The second-order valence-electron chi connectivity index (χ2n) is 4.85. The van der Waals surface area contributed by atoms with Gasteiger partial charge in [0.25, 0.3) is 0 Å². The molecule has 1 atom stereocenters. The average molecular weight is 429 g/mol. The predicted molar refractivity (Wildman–Crippen MR) is 80.0 cm³/mol. The van der Waals surface area contributed by atoms with Crippen molar-refractivity contribution in [3.8, 4) is 5.75 Å². The van der Waals surface area contributed by atoms with Gasteiger partial charge in [-0.05, 0) is 24.5 Å². The summed E-state index contributed by atoms with van der Waals surface area (Å²) in [5, 5.41) is 0. The number of benzene rings is 1. The standard InChI is InChI=1S/C15H25O3P.Nd/c1-2-3-4-5-6-7-8-11-14-12-9-10-13-15(14)18-19(16)17;/h9-10,12-13,19H,2-8,11H2,1H3,(H,16,17);. The molecule has 1 N–H and O–H groups in total. The van der Waals surface area contributed by atoms with Crippen molar-refractivity contribution in [2.75, 3.05) is 0 Å². The molecular formula is C15H25NdO3P. The van der Waals surface area contributed by atoms with Crippen LogP contribution in [0.4, 0.5) is 0 Å². The van der Waals surface area contributed by atoms with Crippen LogP contribution in [0.3, 0.4) is 0 Å².